The lowest BCUT2D eigenvalue weighted by Gasteiger charge is -2.23. The zero-order valence-corrected chi connectivity index (χ0v) is 23.9. The smallest absolute Gasteiger partial charge is 0.123 e. The van der Waals surface area contributed by atoms with Crippen LogP contribution >= 0.6 is 11.6 Å². The highest BCUT2D eigenvalue weighted by Crippen LogP contribution is 2.37. The topological polar surface area (TPSA) is 125 Å². The van der Waals surface area contributed by atoms with Crippen LogP contribution in [0.2, 0.25) is 5.02 Å². The van der Waals surface area contributed by atoms with E-state index in [4.69, 9.17) is 11.6 Å². The number of pyridine rings is 2. The van der Waals surface area contributed by atoms with Crippen LogP contribution in [0.3, 0.4) is 0 Å². The summed E-state index contributed by atoms with van der Waals surface area (Å²) >= 11 is 6.78. The van der Waals surface area contributed by atoms with Crippen LogP contribution in [-0.4, -0.2) is 9.97 Å². The molecule has 2 unspecified atom stereocenters. The molecule has 4 N–H and O–H groups in total. The van der Waals surface area contributed by atoms with Crippen molar-refractivity contribution < 1.29 is 4.39 Å². The number of nitriles is 2. The van der Waals surface area contributed by atoms with E-state index in [0.29, 0.717) is 32.9 Å². The fourth-order valence-corrected chi connectivity index (χ4v) is 5.33. The Balaban J connectivity index is 1.42. The number of rotatable bonds is 9. The lowest BCUT2D eigenvalue weighted by molar-refractivity contribution is 0.621. The third kappa shape index (κ3) is 5.94. The minimum atomic E-state index is -0.461. The van der Waals surface area contributed by atoms with Crippen molar-refractivity contribution in [2.24, 2.45) is 0 Å². The van der Waals surface area contributed by atoms with E-state index in [1.54, 1.807) is 35.6 Å². The van der Waals surface area contributed by atoms with Gasteiger partial charge in [0.05, 0.1) is 63.9 Å². The summed E-state index contributed by atoms with van der Waals surface area (Å²) < 4.78 is 13.9. The van der Waals surface area contributed by atoms with Crippen molar-refractivity contribution in [2.45, 2.75) is 18.5 Å². The van der Waals surface area contributed by atoms with Gasteiger partial charge in [0, 0.05) is 29.7 Å². The summed E-state index contributed by atoms with van der Waals surface area (Å²) in [4.78, 5) is 8.66. The van der Waals surface area contributed by atoms with Gasteiger partial charge in [-0.1, -0.05) is 54.1 Å². The van der Waals surface area contributed by atoms with Crippen LogP contribution < -0.4 is 26.6 Å². The highest BCUT2D eigenvalue weighted by Gasteiger charge is 2.24. The molecule has 1 aliphatic rings. The van der Waals surface area contributed by atoms with Gasteiger partial charge in [0.2, 0.25) is 0 Å². The quantitative estimate of drug-likeness (QED) is 0.143. The Kier molecular flexibility index (Phi) is 8.19. The molecule has 11 heteroatoms. The normalized spacial score (nSPS) is 13.7. The van der Waals surface area contributed by atoms with Crippen molar-refractivity contribution >= 4 is 39.6 Å². The lowest BCUT2D eigenvalue weighted by Crippen LogP contribution is -2.37. The fraction of sp³-hybridized carbons (Fsp3) is 0.0909. The maximum Gasteiger partial charge on any atom is 0.123 e. The first-order chi connectivity index (χ1) is 21.5. The van der Waals surface area contributed by atoms with Gasteiger partial charge >= 0.3 is 0 Å². The second-order valence-corrected chi connectivity index (χ2v) is 10.4. The summed E-state index contributed by atoms with van der Waals surface area (Å²) in [5.74, 6) is -0.346. The van der Waals surface area contributed by atoms with E-state index in [2.05, 4.69) is 43.7 Å². The van der Waals surface area contributed by atoms with Gasteiger partial charge in [0.15, 0.2) is 0 Å². The number of aromatic nitrogens is 2. The zero-order valence-electron chi connectivity index (χ0n) is 23.2. The molecular weight excluding hydrogens is 577 g/mol. The van der Waals surface area contributed by atoms with Gasteiger partial charge < -0.3 is 16.1 Å². The largest absolute Gasteiger partial charge is 0.376 e. The average Bonchev–Trinajstić information content (AvgIpc) is 3.55. The molecule has 3 heterocycles. The molecule has 0 bridgehead atoms. The minimum Gasteiger partial charge on any atom is -0.376 e. The second kappa shape index (κ2) is 12.7. The Hall–Kier alpha value is -5.68. The Morgan fingerprint density at radius 2 is 1.77 bits per heavy atom. The molecule has 0 fully saturated rings. The van der Waals surface area contributed by atoms with Gasteiger partial charge in [-0.05, 0) is 47.5 Å². The molecule has 9 nitrogen and oxygen atoms in total. The second-order valence-electron chi connectivity index (χ2n) is 10.0. The Bertz CT molecular complexity index is 1900. The van der Waals surface area contributed by atoms with E-state index in [9.17, 15) is 14.9 Å². The summed E-state index contributed by atoms with van der Waals surface area (Å²) in [7, 11) is 0. The molecule has 5 aromatic rings. The standard InChI is InChI=1S/C33H25ClFN9/c34-28-16-25(15-27-31(23(17-37)18-39-33(27)28)41-29(12-13-36)21-5-2-1-3-6-21)40-32(22-8-10-24(35)11-9-22)30-20-44(43-42-30)26-7-4-14-38-19-26/h1-11,14-16,18-20,29,32,40,42-43H,12H2,(H,39,41). The predicted molar refractivity (Wildman–Crippen MR) is 168 cm³/mol. The minimum absolute atomic E-state index is 0.178. The van der Waals surface area contributed by atoms with E-state index in [-0.39, 0.29) is 18.3 Å². The summed E-state index contributed by atoms with van der Waals surface area (Å²) in [5, 5.41) is 29.3. The van der Waals surface area contributed by atoms with E-state index < -0.39 is 6.04 Å². The average molecular weight is 602 g/mol. The fourth-order valence-electron chi connectivity index (χ4n) is 5.06. The van der Waals surface area contributed by atoms with E-state index in [0.717, 1.165) is 22.5 Å². The number of hydrazine groups is 2. The first kappa shape index (κ1) is 28.4. The number of nitrogens with zero attached hydrogens (tertiary/aromatic N) is 5. The van der Waals surface area contributed by atoms with Crippen molar-refractivity contribution in [3.63, 3.8) is 0 Å². The Morgan fingerprint density at radius 3 is 2.50 bits per heavy atom. The molecule has 216 valence electrons. The Morgan fingerprint density at radius 1 is 0.955 bits per heavy atom. The predicted octanol–water partition coefficient (Wildman–Crippen LogP) is 6.88. The van der Waals surface area contributed by atoms with E-state index in [1.165, 1.54) is 18.3 Å². The van der Waals surface area contributed by atoms with Gasteiger partial charge in [-0.15, -0.1) is 5.53 Å². The molecule has 0 aliphatic carbocycles. The number of nitrogens with one attached hydrogen (secondary N) is 4. The molecule has 0 spiro atoms. The van der Waals surface area contributed by atoms with Gasteiger partial charge in [-0.25, -0.2) is 4.39 Å². The molecule has 0 saturated heterocycles. The number of fused-ring (bicyclic) bond motifs is 1. The maximum atomic E-state index is 13.9. The van der Waals surface area contributed by atoms with Crippen LogP contribution in [0.4, 0.5) is 21.5 Å². The molecule has 6 rings (SSSR count). The third-order valence-corrected chi connectivity index (χ3v) is 7.49. The zero-order chi connectivity index (χ0) is 30.5. The van der Waals surface area contributed by atoms with E-state index >= 15 is 0 Å². The van der Waals surface area contributed by atoms with Crippen LogP contribution in [0.25, 0.3) is 10.9 Å². The van der Waals surface area contributed by atoms with Crippen molar-refractivity contribution in [2.75, 3.05) is 15.6 Å². The molecule has 2 atom stereocenters. The summed E-state index contributed by atoms with van der Waals surface area (Å²) in [6.07, 6.45) is 6.96. The van der Waals surface area contributed by atoms with Gasteiger partial charge in [-0.2, -0.15) is 10.5 Å². The summed E-state index contributed by atoms with van der Waals surface area (Å²) in [5.41, 5.74) is 11.5. The summed E-state index contributed by atoms with van der Waals surface area (Å²) in [6.45, 7) is 0. The molecule has 2 aromatic heterocycles. The number of anilines is 3. The van der Waals surface area contributed by atoms with Gasteiger partial charge in [0.1, 0.15) is 11.9 Å². The number of benzene rings is 3. The van der Waals surface area contributed by atoms with Crippen molar-refractivity contribution in [1.29, 1.82) is 10.5 Å². The number of halogens is 2. The number of hydrogen-bond donors (Lipinski definition) is 4. The molecular formula is C33H25ClFN9. The first-order valence-electron chi connectivity index (χ1n) is 13.7. The number of hydrogen-bond acceptors (Lipinski definition) is 9. The van der Waals surface area contributed by atoms with Crippen molar-refractivity contribution in [3.8, 4) is 12.1 Å². The molecule has 1 aliphatic heterocycles. The molecule has 44 heavy (non-hydrogen) atoms. The summed E-state index contributed by atoms with van der Waals surface area (Å²) in [6, 6.07) is 26.8. The van der Waals surface area contributed by atoms with E-state index in [1.807, 2.05) is 54.7 Å². The van der Waals surface area contributed by atoms with Crippen LogP contribution in [0.5, 0.6) is 0 Å². The third-order valence-electron chi connectivity index (χ3n) is 7.20. The van der Waals surface area contributed by atoms with Crippen molar-refractivity contribution in [3.05, 3.63) is 137 Å². The molecule has 0 saturated carbocycles. The van der Waals surface area contributed by atoms with Crippen LogP contribution in [0, 0.1) is 28.5 Å². The van der Waals surface area contributed by atoms with Crippen molar-refractivity contribution in [1.82, 2.24) is 20.9 Å². The van der Waals surface area contributed by atoms with Gasteiger partial charge in [0.25, 0.3) is 0 Å². The van der Waals surface area contributed by atoms with Crippen LogP contribution in [0.15, 0.2) is 109 Å². The highest BCUT2D eigenvalue weighted by atomic mass is 35.5. The molecule has 3 aromatic carbocycles. The monoisotopic (exact) mass is 601 g/mol. The van der Waals surface area contributed by atoms with Gasteiger partial charge in [-0.3, -0.25) is 15.0 Å². The van der Waals surface area contributed by atoms with Crippen LogP contribution in [-0.2, 0) is 0 Å². The lowest BCUT2D eigenvalue weighted by atomic mass is 10.0. The maximum absolute atomic E-state index is 13.9. The van der Waals surface area contributed by atoms with Crippen LogP contribution in [0.1, 0.15) is 35.2 Å². The molecule has 0 radical (unpaired) electrons. The SMILES string of the molecule is N#CCC(Nc1c(C#N)cnc2c(Cl)cc(NC(C3=CN(c4cccnc4)NN3)c3ccc(F)cc3)cc12)c1ccccc1. The first-order valence-corrected chi connectivity index (χ1v) is 14.1. The Labute approximate surface area is 258 Å². The highest BCUT2D eigenvalue weighted by molar-refractivity contribution is 6.35. The molecule has 0 amide bonds.